The van der Waals surface area contributed by atoms with E-state index in [1.165, 1.54) is 0 Å². The number of rotatable bonds is 6. The van der Waals surface area contributed by atoms with Gasteiger partial charge in [-0.1, -0.05) is 6.92 Å². The third-order valence-electron chi connectivity index (χ3n) is 2.06. The van der Waals surface area contributed by atoms with E-state index in [0.29, 0.717) is 5.95 Å². The zero-order chi connectivity index (χ0) is 15.2. The fourth-order valence-electron chi connectivity index (χ4n) is 1.37. The summed E-state index contributed by atoms with van der Waals surface area (Å²) in [6.07, 6.45) is 0.944. The van der Waals surface area contributed by atoms with Crippen LogP contribution in [0.4, 0.5) is 11.9 Å². The molecule has 112 valence electrons. The van der Waals surface area contributed by atoms with E-state index in [0.717, 1.165) is 13.0 Å². The van der Waals surface area contributed by atoms with Gasteiger partial charge in [-0.05, 0) is 38.8 Å². The Bertz CT molecular complexity index is 460. The Labute approximate surface area is 123 Å². The lowest BCUT2D eigenvalue weighted by Crippen LogP contribution is -2.43. The van der Waals surface area contributed by atoms with Crippen molar-refractivity contribution < 1.29 is 4.79 Å². The van der Waals surface area contributed by atoms with Crippen LogP contribution in [-0.4, -0.2) is 39.5 Å². The predicted molar refractivity (Wildman–Crippen MR) is 80.0 cm³/mol. The van der Waals surface area contributed by atoms with Crippen molar-refractivity contribution >= 4 is 29.4 Å². The van der Waals surface area contributed by atoms with Gasteiger partial charge in [-0.2, -0.15) is 15.0 Å². The van der Waals surface area contributed by atoms with Crippen molar-refractivity contribution in [1.29, 1.82) is 0 Å². The first-order chi connectivity index (χ1) is 9.30. The quantitative estimate of drug-likeness (QED) is 0.740. The summed E-state index contributed by atoms with van der Waals surface area (Å²) in [5.74, 6) is 0.523. The lowest BCUT2D eigenvalue weighted by molar-refractivity contribution is -0.120. The average molecular weight is 301 g/mol. The normalized spacial score (nSPS) is 11.1. The molecule has 0 spiro atoms. The van der Waals surface area contributed by atoms with Crippen LogP contribution in [0.15, 0.2) is 0 Å². The second-order valence-electron chi connectivity index (χ2n) is 5.33. The SMILES string of the molecule is CCCNc1nc(Cl)nc(NCC(=O)NC(C)(C)C)n1. The maximum Gasteiger partial charge on any atom is 0.239 e. The smallest absolute Gasteiger partial charge is 0.239 e. The van der Waals surface area contributed by atoms with Gasteiger partial charge >= 0.3 is 0 Å². The average Bonchev–Trinajstić information content (AvgIpc) is 2.31. The molecule has 1 aromatic heterocycles. The Kier molecular flexibility index (Phi) is 5.94. The first-order valence-electron chi connectivity index (χ1n) is 6.50. The van der Waals surface area contributed by atoms with Crippen LogP contribution in [0, 0.1) is 0 Å². The number of hydrogen-bond donors (Lipinski definition) is 3. The van der Waals surface area contributed by atoms with Gasteiger partial charge in [0, 0.05) is 12.1 Å². The molecule has 0 fully saturated rings. The minimum atomic E-state index is -0.274. The molecule has 0 aliphatic rings. The molecule has 20 heavy (non-hydrogen) atoms. The second kappa shape index (κ2) is 7.23. The van der Waals surface area contributed by atoms with E-state index in [2.05, 4.69) is 30.9 Å². The van der Waals surface area contributed by atoms with Gasteiger partial charge in [0.1, 0.15) is 0 Å². The molecule has 0 unspecified atom stereocenters. The molecular formula is C12H21ClN6O. The largest absolute Gasteiger partial charge is 0.354 e. The topological polar surface area (TPSA) is 91.8 Å². The van der Waals surface area contributed by atoms with Crippen LogP contribution in [0.3, 0.4) is 0 Å². The van der Waals surface area contributed by atoms with E-state index in [4.69, 9.17) is 11.6 Å². The number of nitrogens with zero attached hydrogens (tertiary/aromatic N) is 3. The van der Waals surface area contributed by atoms with Crippen LogP contribution >= 0.6 is 11.6 Å². The van der Waals surface area contributed by atoms with Crippen LogP contribution < -0.4 is 16.0 Å². The zero-order valence-corrected chi connectivity index (χ0v) is 13.0. The lowest BCUT2D eigenvalue weighted by Gasteiger charge is -2.20. The van der Waals surface area contributed by atoms with Crippen molar-refractivity contribution in [3.63, 3.8) is 0 Å². The number of carbonyl (C=O) groups is 1. The third kappa shape index (κ3) is 6.51. The molecule has 0 aromatic carbocycles. The minimum Gasteiger partial charge on any atom is -0.354 e. The lowest BCUT2D eigenvalue weighted by atomic mass is 10.1. The van der Waals surface area contributed by atoms with Gasteiger partial charge in [-0.15, -0.1) is 0 Å². The standard InChI is InChI=1S/C12H21ClN6O/c1-5-6-14-10-16-9(13)17-11(18-10)15-7-8(20)19-12(2,3)4/h5-7H2,1-4H3,(H,19,20)(H2,14,15,16,17,18). The van der Waals surface area contributed by atoms with Crippen LogP contribution in [-0.2, 0) is 4.79 Å². The maximum absolute atomic E-state index is 11.7. The molecule has 0 bridgehead atoms. The maximum atomic E-state index is 11.7. The summed E-state index contributed by atoms with van der Waals surface area (Å²) in [4.78, 5) is 23.7. The van der Waals surface area contributed by atoms with Gasteiger partial charge in [0.2, 0.25) is 23.1 Å². The molecule has 7 nitrogen and oxygen atoms in total. The molecule has 0 saturated carbocycles. The van der Waals surface area contributed by atoms with E-state index in [1.807, 2.05) is 27.7 Å². The summed E-state index contributed by atoms with van der Waals surface area (Å²) in [5, 5.41) is 8.75. The van der Waals surface area contributed by atoms with Gasteiger partial charge < -0.3 is 16.0 Å². The van der Waals surface area contributed by atoms with Crippen LogP contribution in [0.5, 0.6) is 0 Å². The van der Waals surface area contributed by atoms with Crippen LogP contribution in [0.25, 0.3) is 0 Å². The molecule has 8 heteroatoms. The molecule has 0 aliphatic heterocycles. The van der Waals surface area contributed by atoms with E-state index >= 15 is 0 Å². The number of nitrogens with one attached hydrogen (secondary N) is 3. The molecule has 0 atom stereocenters. The molecule has 1 aromatic rings. The Balaban J connectivity index is 2.59. The van der Waals surface area contributed by atoms with Crippen molar-refractivity contribution in [3.05, 3.63) is 5.28 Å². The molecule has 0 aliphatic carbocycles. The van der Waals surface area contributed by atoms with Gasteiger partial charge in [0.05, 0.1) is 6.54 Å². The summed E-state index contributed by atoms with van der Waals surface area (Å²) in [7, 11) is 0. The highest BCUT2D eigenvalue weighted by atomic mass is 35.5. The summed E-state index contributed by atoms with van der Waals surface area (Å²) in [5.41, 5.74) is -0.274. The summed E-state index contributed by atoms with van der Waals surface area (Å²) in [6, 6.07) is 0. The second-order valence-corrected chi connectivity index (χ2v) is 5.67. The fourth-order valence-corrected chi connectivity index (χ4v) is 1.53. The highest BCUT2D eigenvalue weighted by molar-refractivity contribution is 6.28. The Morgan fingerprint density at radius 3 is 2.30 bits per heavy atom. The number of amides is 1. The zero-order valence-electron chi connectivity index (χ0n) is 12.2. The summed E-state index contributed by atoms with van der Waals surface area (Å²) < 4.78 is 0. The van der Waals surface area contributed by atoms with Gasteiger partial charge in [0.15, 0.2) is 0 Å². The summed E-state index contributed by atoms with van der Waals surface area (Å²) in [6.45, 7) is 8.59. The van der Waals surface area contributed by atoms with Crippen molar-refractivity contribution in [1.82, 2.24) is 20.3 Å². The highest BCUT2D eigenvalue weighted by Crippen LogP contribution is 2.09. The van der Waals surface area contributed by atoms with Gasteiger partial charge in [-0.25, -0.2) is 0 Å². The molecule has 0 radical (unpaired) electrons. The highest BCUT2D eigenvalue weighted by Gasteiger charge is 2.14. The number of aromatic nitrogens is 3. The van der Waals surface area contributed by atoms with E-state index in [1.54, 1.807) is 0 Å². The van der Waals surface area contributed by atoms with E-state index in [9.17, 15) is 4.79 Å². The van der Waals surface area contributed by atoms with Gasteiger partial charge in [0.25, 0.3) is 0 Å². The number of hydrogen-bond acceptors (Lipinski definition) is 6. The predicted octanol–water partition coefficient (Wildman–Crippen LogP) is 1.67. The number of halogens is 1. The first kappa shape index (κ1) is 16.4. The Morgan fingerprint density at radius 2 is 1.75 bits per heavy atom. The minimum absolute atomic E-state index is 0.0742. The third-order valence-corrected chi connectivity index (χ3v) is 2.23. The summed E-state index contributed by atoms with van der Waals surface area (Å²) >= 11 is 5.81. The molecule has 1 rings (SSSR count). The first-order valence-corrected chi connectivity index (χ1v) is 6.88. The van der Waals surface area contributed by atoms with Crippen molar-refractivity contribution in [2.45, 2.75) is 39.7 Å². The molecule has 1 amide bonds. The Morgan fingerprint density at radius 1 is 1.15 bits per heavy atom. The van der Waals surface area contributed by atoms with Crippen molar-refractivity contribution in [2.24, 2.45) is 0 Å². The van der Waals surface area contributed by atoms with E-state index < -0.39 is 0 Å². The molecule has 1 heterocycles. The Hall–Kier alpha value is -1.63. The van der Waals surface area contributed by atoms with E-state index in [-0.39, 0.29) is 29.2 Å². The monoisotopic (exact) mass is 300 g/mol. The number of carbonyl (C=O) groups excluding carboxylic acids is 1. The molecule has 3 N–H and O–H groups in total. The fraction of sp³-hybridized carbons (Fsp3) is 0.667. The van der Waals surface area contributed by atoms with Gasteiger partial charge in [-0.3, -0.25) is 4.79 Å². The van der Waals surface area contributed by atoms with Crippen LogP contribution in [0.2, 0.25) is 5.28 Å². The molecular weight excluding hydrogens is 280 g/mol. The number of anilines is 2. The van der Waals surface area contributed by atoms with Crippen molar-refractivity contribution in [3.8, 4) is 0 Å². The van der Waals surface area contributed by atoms with Crippen LogP contribution in [0.1, 0.15) is 34.1 Å². The molecule has 0 saturated heterocycles. The van der Waals surface area contributed by atoms with Crippen molar-refractivity contribution in [2.75, 3.05) is 23.7 Å².